The third-order valence-corrected chi connectivity index (χ3v) is 10.3. The van der Waals surface area contributed by atoms with E-state index in [0.717, 1.165) is 12.2 Å². The van der Waals surface area contributed by atoms with Crippen molar-refractivity contribution < 1.29 is 4.79 Å². The molecule has 8 heteroatoms. The second-order valence-electron chi connectivity index (χ2n) is 10.9. The minimum Gasteiger partial charge on any atom is -0.369 e. The molecule has 1 saturated heterocycles. The number of nitrogens with zero attached hydrogens (tertiary/aromatic N) is 4. The Bertz CT molecular complexity index is 1290. The van der Waals surface area contributed by atoms with Gasteiger partial charge in [0.25, 0.3) is 0 Å². The molecule has 1 amide bonds. The highest BCUT2D eigenvalue weighted by atomic mass is 32.2. The third-order valence-electron chi connectivity index (χ3n) is 8.71. The van der Waals surface area contributed by atoms with Gasteiger partial charge in [-0.25, -0.2) is 9.50 Å². The number of primary amides is 1. The smallest absolute Gasteiger partial charge is 0.231 e. The summed E-state index contributed by atoms with van der Waals surface area (Å²) in [4.78, 5) is 22.1. The number of H-pyrrole nitrogens is 1. The van der Waals surface area contributed by atoms with Crippen LogP contribution in [0.3, 0.4) is 0 Å². The van der Waals surface area contributed by atoms with Crippen molar-refractivity contribution in [1.29, 1.82) is 0 Å². The minimum absolute atomic E-state index is 0.202. The normalized spacial score (nSPS) is 28.5. The van der Waals surface area contributed by atoms with Gasteiger partial charge in [-0.1, -0.05) is 20.8 Å². The lowest BCUT2D eigenvalue weighted by atomic mass is 9.81. The first-order valence-corrected chi connectivity index (χ1v) is 13.4. The fraction of sp³-hybridized carbons (Fsp3) is 0.577. The molecule has 3 N–H and O–H groups in total. The maximum Gasteiger partial charge on any atom is 0.231 e. The van der Waals surface area contributed by atoms with E-state index < -0.39 is 0 Å². The maximum absolute atomic E-state index is 11.5. The minimum atomic E-state index is -0.202. The number of thioether (sulfide) groups is 1. The van der Waals surface area contributed by atoms with Crippen molar-refractivity contribution in [3.8, 4) is 11.3 Å². The SMILES string of the molecule is Cc1c(-c2[nH]c3c(c2C(C)C)C(C)C([C@@H]2CC4CC2CN4CC(N)=O)S3)cn2ncnc2c1C. The summed E-state index contributed by atoms with van der Waals surface area (Å²) in [6.45, 7) is 12.8. The average Bonchev–Trinajstić information content (AvgIpc) is 3.57. The molecule has 2 bridgehead atoms. The van der Waals surface area contributed by atoms with Crippen molar-refractivity contribution in [1.82, 2.24) is 24.5 Å². The van der Waals surface area contributed by atoms with E-state index >= 15 is 0 Å². The molecule has 1 aliphatic carbocycles. The van der Waals surface area contributed by atoms with E-state index in [1.807, 2.05) is 4.52 Å². The van der Waals surface area contributed by atoms with Gasteiger partial charge in [0.2, 0.25) is 5.91 Å². The average molecular weight is 479 g/mol. The third kappa shape index (κ3) is 3.18. The summed E-state index contributed by atoms with van der Waals surface area (Å²) in [6, 6.07) is 0.523. The van der Waals surface area contributed by atoms with Crippen LogP contribution in [-0.2, 0) is 4.79 Å². The number of nitrogens with two attached hydrogens (primary N) is 1. The number of aromatic amines is 1. The lowest BCUT2D eigenvalue weighted by molar-refractivity contribution is -0.119. The van der Waals surface area contributed by atoms with Gasteiger partial charge in [-0.3, -0.25) is 9.69 Å². The van der Waals surface area contributed by atoms with E-state index in [4.69, 9.17) is 5.73 Å². The summed E-state index contributed by atoms with van der Waals surface area (Å²) in [5, 5.41) is 6.37. The van der Waals surface area contributed by atoms with Gasteiger partial charge in [0.15, 0.2) is 5.65 Å². The van der Waals surface area contributed by atoms with Gasteiger partial charge < -0.3 is 10.7 Å². The van der Waals surface area contributed by atoms with Crippen molar-refractivity contribution >= 4 is 23.3 Å². The number of carbonyl (C=O) groups excluding carboxylic acids is 1. The molecule has 1 saturated carbocycles. The van der Waals surface area contributed by atoms with E-state index in [-0.39, 0.29) is 5.91 Å². The van der Waals surface area contributed by atoms with Gasteiger partial charge in [-0.05, 0) is 72.6 Å². The largest absolute Gasteiger partial charge is 0.369 e. The Balaban J connectivity index is 1.34. The molecule has 7 nitrogen and oxygen atoms in total. The van der Waals surface area contributed by atoms with Crippen LogP contribution >= 0.6 is 11.8 Å². The predicted molar refractivity (Wildman–Crippen MR) is 135 cm³/mol. The van der Waals surface area contributed by atoms with Gasteiger partial charge in [0.05, 0.1) is 17.3 Å². The van der Waals surface area contributed by atoms with Crippen molar-refractivity contribution in [2.45, 2.75) is 75.6 Å². The summed E-state index contributed by atoms with van der Waals surface area (Å²) in [6.07, 6.45) is 6.17. The second kappa shape index (κ2) is 7.85. The number of likely N-dealkylation sites (tertiary alicyclic amines) is 1. The molecule has 3 aliphatic rings. The molecule has 0 aromatic carbocycles. The van der Waals surface area contributed by atoms with Crippen molar-refractivity contribution in [3.63, 3.8) is 0 Å². The number of piperidine rings is 1. The first-order chi connectivity index (χ1) is 16.2. The Morgan fingerprint density at radius 1 is 1.29 bits per heavy atom. The number of aromatic nitrogens is 4. The number of rotatable bonds is 5. The first-order valence-electron chi connectivity index (χ1n) is 12.5. The number of hydrogen-bond acceptors (Lipinski definition) is 5. The Labute approximate surface area is 204 Å². The maximum atomic E-state index is 11.5. The molecule has 3 aromatic heterocycles. The number of hydrogen-bond donors (Lipinski definition) is 2. The van der Waals surface area contributed by atoms with Crippen LogP contribution in [0.5, 0.6) is 0 Å². The lowest BCUT2D eigenvalue weighted by Gasteiger charge is -2.35. The van der Waals surface area contributed by atoms with Crippen LogP contribution < -0.4 is 5.73 Å². The summed E-state index contributed by atoms with van der Waals surface area (Å²) in [7, 11) is 0. The zero-order valence-corrected chi connectivity index (χ0v) is 21.4. The fourth-order valence-corrected chi connectivity index (χ4v) is 8.76. The monoisotopic (exact) mass is 478 g/mol. The van der Waals surface area contributed by atoms with Crippen LogP contribution in [0, 0.1) is 25.7 Å². The molecule has 0 radical (unpaired) electrons. The van der Waals surface area contributed by atoms with Crippen LogP contribution in [0.4, 0.5) is 0 Å². The molecule has 4 unspecified atom stereocenters. The second-order valence-corrected chi connectivity index (χ2v) is 12.1. The van der Waals surface area contributed by atoms with Crippen molar-refractivity contribution in [2.24, 2.45) is 17.6 Å². The highest BCUT2D eigenvalue weighted by Crippen LogP contribution is 2.58. The van der Waals surface area contributed by atoms with E-state index in [9.17, 15) is 4.79 Å². The molecular weight excluding hydrogens is 444 g/mol. The molecule has 2 aliphatic heterocycles. The van der Waals surface area contributed by atoms with Crippen LogP contribution in [-0.4, -0.2) is 54.8 Å². The number of amides is 1. The van der Waals surface area contributed by atoms with Crippen LogP contribution in [0.15, 0.2) is 17.6 Å². The summed E-state index contributed by atoms with van der Waals surface area (Å²) >= 11 is 2.06. The molecule has 180 valence electrons. The highest BCUT2D eigenvalue weighted by molar-refractivity contribution is 8.00. The van der Waals surface area contributed by atoms with E-state index in [1.165, 1.54) is 51.4 Å². The number of pyridine rings is 1. The fourth-order valence-electron chi connectivity index (χ4n) is 7.06. The molecular formula is C26H34N6OS. The molecule has 3 aromatic rings. The summed E-state index contributed by atoms with van der Waals surface area (Å²) in [5.41, 5.74) is 14.3. The van der Waals surface area contributed by atoms with Gasteiger partial charge in [0.1, 0.15) is 6.33 Å². The topological polar surface area (TPSA) is 92.3 Å². The molecule has 5 atom stereocenters. The molecule has 34 heavy (non-hydrogen) atoms. The molecule has 5 heterocycles. The van der Waals surface area contributed by atoms with Gasteiger partial charge in [0, 0.05) is 29.6 Å². The first kappa shape index (κ1) is 22.2. The summed E-state index contributed by atoms with van der Waals surface area (Å²) < 4.78 is 1.90. The number of nitrogens with one attached hydrogen (secondary N) is 1. The van der Waals surface area contributed by atoms with Crippen molar-refractivity contribution in [3.05, 3.63) is 34.8 Å². The van der Waals surface area contributed by atoms with E-state index in [1.54, 1.807) is 6.33 Å². The number of aryl methyl sites for hydroxylation is 1. The standard InChI is InChI=1S/C26H34N6OS/c1-12(2)21-22-15(5)24(18-7-17-6-16(18)8-31(17)10-20(27)33)34-26(22)30-23(21)19-9-32-25(28-11-29-32)14(4)13(19)3/h9,11-12,15-18,24,30H,6-8,10H2,1-5H3,(H2,27,33)/t15?,16?,17?,18-,24?/m1/s1. The van der Waals surface area contributed by atoms with Gasteiger partial charge >= 0.3 is 0 Å². The summed E-state index contributed by atoms with van der Waals surface area (Å²) in [5.74, 6) is 2.11. The van der Waals surface area contributed by atoms with Crippen LogP contribution in [0.1, 0.15) is 67.7 Å². The zero-order valence-electron chi connectivity index (χ0n) is 20.6. The van der Waals surface area contributed by atoms with E-state index in [0.29, 0.717) is 41.5 Å². The zero-order chi connectivity index (χ0) is 23.9. The quantitative estimate of drug-likeness (QED) is 0.572. The Morgan fingerprint density at radius 2 is 2.09 bits per heavy atom. The molecule has 6 rings (SSSR count). The highest BCUT2D eigenvalue weighted by Gasteiger charge is 2.51. The van der Waals surface area contributed by atoms with Crippen LogP contribution in [0.2, 0.25) is 0 Å². The van der Waals surface area contributed by atoms with Crippen molar-refractivity contribution in [2.75, 3.05) is 13.1 Å². The molecule has 2 fully saturated rings. The van der Waals surface area contributed by atoms with Crippen LogP contribution in [0.25, 0.3) is 16.9 Å². The number of carbonyl (C=O) groups is 1. The van der Waals surface area contributed by atoms with E-state index in [2.05, 4.69) is 72.5 Å². The van der Waals surface area contributed by atoms with Gasteiger partial charge in [-0.15, -0.1) is 11.8 Å². The lowest BCUT2D eigenvalue weighted by Crippen LogP contribution is -2.43. The Hall–Kier alpha value is -2.32. The number of fused-ring (bicyclic) bond motifs is 4. The Kier molecular flexibility index (Phi) is 5.12. The predicted octanol–water partition coefficient (Wildman–Crippen LogP) is 4.24. The Morgan fingerprint density at radius 3 is 2.76 bits per heavy atom. The van der Waals surface area contributed by atoms with Gasteiger partial charge in [-0.2, -0.15) is 5.10 Å². The molecule has 0 spiro atoms.